The van der Waals surface area contributed by atoms with Crippen LogP contribution in [0, 0.1) is 13.8 Å². The van der Waals surface area contributed by atoms with E-state index in [2.05, 4.69) is 10.1 Å². The number of aryl methyl sites for hydroxylation is 2. The number of hydrogen-bond donors (Lipinski definition) is 2. The van der Waals surface area contributed by atoms with Gasteiger partial charge in [-0.3, -0.25) is 0 Å². The maximum atomic E-state index is 13.7. The Hall–Kier alpha value is -2.01. The molecule has 0 saturated heterocycles. The Morgan fingerprint density at radius 2 is 1.88 bits per heavy atom. The lowest BCUT2D eigenvalue weighted by Crippen LogP contribution is -2.36. The van der Waals surface area contributed by atoms with E-state index in [-0.39, 0.29) is 4.90 Å². The van der Waals surface area contributed by atoms with Gasteiger partial charge in [0.25, 0.3) is 0 Å². The number of ether oxygens (including phenoxy) is 1. The first-order valence-electron chi connectivity index (χ1n) is 11.0. The number of sulfone groups is 1. The van der Waals surface area contributed by atoms with Crippen molar-refractivity contribution < 1.29 is 23.4 Å². The minimum absolute atomic E-state index is 0.152. The van der Waals surface area contributed by atoms with Gasteiger partial charge in [0.2, 0.25) is 4.96 Å². The minimum Gasteiger partial charge on any atom is -0.495 e. The van der Waals surface area contributed by atoms with Crippen molar-refractivity contribution in [1.82, 2.24) is 14.6 Å². The van der Waals surface area contributed by atoms with Crippen LogP contribution in [0.3, 0.4) is 0 Å². The summed E-state index contributed by atoms with van der Waals surface area (Å²) in [4.78, 5) is 5.38. The third-order valence-corrected chi connectivity index (χ3v) is 9.86. The fourth-order valence-corrected chi connectivity index (χ4v) is 7.44. The first kappa shape index (κ1) is 24.1. The molecule has 0 radical (unpaired) electrons. The zero-order valence-corrected chi connectivity index (χ0v) is 21.5. The molecule has 0 spiro atoms. The topological polar surface area (TPSA) is 114 Å². The molecule has 0 unspecified atom stereocenters. The number of rotatable bonds is 5. The second kappa shape index (κ2) is 8.04. The van der Waals surface area contributed by atoms with Gasteiger partial charge in [0.1, 0.15) is 21.3 Å². The molecule has 3 aromatic rings. The summed E-state index contributed by atoms with van der Waals surface area (Å²) in [6, 6.07) is 3.52. The third-order valence-electron chi connectivity index (χ3n) is 6.37. The highest BCUT2D eigenvalue weighted by molar-refractivity contribution is 7.92. The number of benzene rings is 1. The fraction of sp³-hybridized carbons (Fsp3) is 0.565. The highest BCUT2D eigenvalue weighted by Crippen LogP contribution is 2.41. The average Bonchev–Trinajstić information content (AvgIpc) is 3.23. The SMILES string of the molecule is COc1c(C)cc(-c2c(C)nc3sc(C(C)(C)O)nn23)cc1S(=O)(=O)C1CCC(C)(O)CC1. The predicted octanol–water partition coefficient (Wildman–Crippen LogP) is 3.78. The Balaban J connectivity index is 1.86. The van der Waals surface area contributed by atoms with E-state index in [1.165, 1.54) is 18.4 Å². The monoisotopic (exact) mass is 493 g/mol. The molecular weight excluding hydrogens is 462 g/mol. The molecule has 1 aliphatic rings. The standard InChI is InChI=1S/C23H31N3O5S2/c1-13-11-15(18-14(2)24-21-26(18)25-20(32-21)22(3,4)27)12-17(19(13)31-6)33(29,30)16-7-9-23(5,28)10-8-16/h11-12,16,27-28H,7-10H2,1-6H3. The fourth-order valence-electron chi connectivity index (χ4n) is 4.48. The lowest BCUT2D eigenvalue weighted by molar-refractivity contribution is 0.0234. The van der Waals surface area contributed by atoms with E-state index < -0.39 is 26.3 Å². The van der Waals surface area contributed by atoms with E-state index in [0.717, 1.165) is 5.69 Å². The Labute approximate surface area is 198 Å². The number of aromatic nitrogens is 3. The van der Waals surface area contributed by atoms with Gasteiger partial charge in [-0.2, -0.15) is 5.10 Å². The van der Waals surface area contributed by atoms with Crippen LogP contribution < -0.4 is 4.74 Å². The Morgan fingerprint density at radius 1 is 1.24 bits per heavy atom. The van der Waals surface area contributed by atoms with Crippen LogP contribution in [0.2, 0.25) is 0 Å². The molecule has 2 N–H and O–H groups in total. The summed E-state index contributed by atoms with van der Waals surface area (Å²) in [6.07, 6.45) is 1.69. The van der Waals surface area contributed by atoms with Crippen molar-refractivity contribution in [3.63, 3.8) is 0 Å². The second-order valence-electron chi connectivity index (χ2n) is 9.77. The Bertz CT molecular complexity index is 1310. The van der Waals surface area contributed by atoms with E-state index in [0.29, 0.717) is 58.2 Å². The minimum atomic E-state index is -3.70. The van der Waals surface area contributed by atoms with Crippen LogP contribution >= 0.6 is 11.3 Å². The summed E-state index contributed by atoms with van der Waals surface area (Å²) in [6.45, 7) is 8.77. The summed E-state index contributed by atoms with van der Waals surface area (Å²) < 4.78 is 34.6. The number of methoxy groups -OCH3 is 1. The molecule has 2 aromatic heterocycles. The van der Waals surface area contributed by atoms with Gasteiger partial charge in [0.05, 0.1) is 29.3 Å². The Morgan fingerprint density at radius 3 is 2.45 bits per heavy atom. The summed E-state index contributed by atoms with van der Waals surface area (Å²) in [5.41, 5.74) is 0.846. The predicted molar refractivity (Wildman–Crippen MR) is 128 cm³/mol. The molecule has 180 valence electrons. The zero-order valence-electron chi connectivity index (χ0n) is 19.8. The van der Waals surface area contributed by atoms with Gasteiger partial charge in [0, 0.05) is 5.56 Å². The van der Waals surface area contributed by atoms with Crippen LogP contribution in [-0.2, 0) is 15.4 Å². The molecular formula is C23H31N3O5S2. The number of hydrogen-bond acceptors (Lipinski definition) is 8. The number of fused-ring (bicyclic) bond motifs is 1. The van der Waals surface area contributed by atoms with Gasteiger partial charge >= 0.3 is 0 Å². The normalized spacial score (nSPS) is 22.1. The molecule has 10 heteroatoms. The third kappa shape index (κ3) is 4.29. The Kier molecular flexibility index (Phi) is 5.88. The molecule has 33 heavy (non-hydrogen) atoms. The maximum absolute atomic E-state index is 13.7. The molecule has 4 rings (SSSR count). The van der Waals surface area contributed by atoms with E-state index in [9.17, 15) is 18.6 Å². The van der Waals surface area contributed by atoms with Gasteiger partial charge in [-0.25, -0.2) is 17.9 Å². The van der Waals surface area contributed by atoms with Crippen LogP contribution in [-0.4, -0.2) is 51.2 Å². The van der Waals surface area contributed by atoms with E-state index >= 15 is 0 Å². The van der Waals surface area contributed by atoms with Gasteiger partial charge in [0.15, 0.2) is 9.84 Å². The second-order valence-corrected chi connectivity index (χ2v) is 12.9. The zero-order chi connectivity index (χ0) is 24.3. The molecule has 1 aromatic carbocycles. The van der Waals surface area contributed by atoms with Crippen molar-refractivity contribution in [2.75, 3.05) is 7.11 Å². The van der Waals surface area contributed by atoms with Gasteiger partial charge in [-0.1, -0.05) is 11.3 Å². The first-order chi connectivity index (χ1) is 15.2. The summed E-state index contributed by atoms with van der Waals surface area (Å²) in [5.74, 6) is 0.338. The van der Waals surface area contributed by atoms with E-state index in [1.54, 1.807) is 31.4 Å². The van der Waals surface area contributed by atoms with Crippen molar-refractivity contribution in [3.8, 4) is 17.0 Å². The number of aliphatic hydroxyl groups is 2. The number of nitrogens with zero attached hydrogens (tertiary/aromatic N) is 3. The van der Waals surface area contributed by atoms with Crippen LogP contribution in [0.4, 0.5) is 0 Å². The molecule has 8 nitrogen and oxygen atoms in total. The first-order valence-corrected chi connectivity index (χ1v) is 13.4. The highest BCUT2D eigenvalue weighted by atomic mass is 32.2. The van der Waals surface area contributed by atoms with Crippen molar-refractivity contribution >= 4 is 26.1 Å². The largest absolute Gasteiger partial charge is 0.495 e. The summed E-state index contributed by atoms with van der Waals surface area (Å²) in [7, 11) is -2.22. The van der Waals surface area contributed by atoms with Crippen LogP contribution in [0.25, 0.3) is 16.2 Å². The van der Waals surface area contributed by atoms with Crippen molar-refractivity contribution in [3.05, 3.63) is 28.4 Å². The smallest absolute Gasteiger partial charge is 0.213 e. The van der Waals surface area contributed by atoms with Crippen LogP contribution in [0.5, 0.6) is 5.75 Å². The van der Waals surface area contributed by atoms with Crippen molar-refractivity contribution in [1.29, 1.82) is 0 Å². The van der Waals surface area contributed by atoms with Gasteiger partial charge in [-0.05, 0) is 78.0 Å². The van der Waals surface area contributed by atoms with Gasteiger partial charge < -0.3 is 14.9 Å². The molecule has 2 heterocycles. The molecule has 0 atom stereocenters. The highest BCUT2D eigenvalue weighted by Gasteiger charge is 2.38. The average molecular weight is 494 g/mol. The van der Waals surface area contributed by atoms with Gasteiger partial charge in [-0.15, -0.1) is 0 Å². The maximum Gasteiger partial charge on any atom is 0.213 e. The molecule has 0 bridgehead atoms. The lowest BCUT2D eigenvalue weighted by atomic mass is 9.86. The lowest BCUT2D eigenvalue weighted by Gasteiger charge is -2.33. The van der Waals surface area contributed by atoms with Crippen LogP contribution in [0.1, 0.15) is 62.7 Å². The van der Waals surface area contributed by atoms with Crippen molar-refractivity contribution in [2.45, 2.75) is 81.6 Å². The molecule has 0 amide bonds. The molecule has 1 saturated carbocycles. The van der Waals surface area contributed by atoms with E-state index in [4.69, 9.17) is 4.74 Å². The van der Waals surface area contributed by atoms with E-state index in [1.807, 2.05) is 19.9 Å². The molecule has 1 fully saturated rings. The molecule has 0 aliphatic heterocycles. The van der Waals surface area contributed by atoms with Crippen LogP contribution in [0.15, 0.2) is 17.0 Å². The van der Waals surface area contributed by atoms with Crippen molar-refractivity contribution in [2.24, 2.45) is 0 Å². The quantitative estimate of drug-likeness (QED) is 0.556. The molecule has 1 aliphatic carbocycles. The summed E-state index contributed by atoms with van der Waals surface area (Å²) >= 11 is 1.30. The summed E-state index contributed by atoms with van der Waals surface area (Å²) in [5, 5.41) is 25.2. The number of imidazole rings is 1.